The number of halogens is 1. The number of rotatable bonds is 9. The number of ether oxygens (including phenoxy) is 1. The molecule has 0 saturated carbocycles. The van der Waals surface area contributed by atoms with Gasteiger partial charge in [-0.05, 0) is 60.5 Å². The van der Waals surface area contributed by atoms with Gasteiger partial charge in [0.2, 0.25) is 11.8 Å². The van der Waals surface area contributed by atoms with Crippen LogP contribution >= 0.6 is 11.8 Å². The number of carbonyl (C=O) groups is 3. The molecule has 1 aliphatic heterocycles. The molecule has 1 aliphatic rings. The number of hydrogen-bond donors (Lipinski definition) is 2. The van der Waals surface area contributed by atoms with Gasteiger partial charge < -0.3 is 19.8 Å². The van der Waals surface area contributed by atoms with E-state index in [9.17, 15) is 18.8 Å². The standard InChI is InChI=1S/C31H27FN4O5S/c1-20(33-31(39)41-19-21-8-3-2-4-9-21)28(37)34-24-12-5-10-22(16-24)27-29(38)36(18-26-14-7-15-40-26)30(42-27)35-25-13-6-11-23(32)17-25/h2-17,20,27H,18-19H2,1H3,(H,33,39)(H,34,37)/b35-30-/t20-,27?/m0/s1. The van der Waals surface area contributed by atoms with Crippen LogP contribution in [0, 0.1) is 5.82 Å². The molecule has 0 aliphatic carbocycles. The van der Waals surface area contributed by atoms with Crippen LogP contribution in [-0.4, -0.2) is 34.0 Å². The van der Waals surface area contributed by atoms with Crippen LogP contribution in [-0.2, 0) is 27.5 Å². The van der Waals surface area contributed by atoms with E-state index in [2.05, 4.69) is 15.6 Å². The smallest absolute Gasteiger partial charge is 0.408 e. The molecule has 0 radical (unpaired) electrons. The molecule has 0 bridgehead atoms. The van der Waals surface area contributed by atoms with Crippen molar-refractivity contribution in [1.82, 2.24) is 10.2 Å². The average Bonchev–Trinajstić information content (AvgIpc) is 3.61. The molecule has 42 heavy (non-hydrogen) atoms. The van der Waals surface area contributed by atoms with E-state index in [0.29, 0.717) is 27.9 Å². The fraction of sp³-hybridized carbons (Fsp3) is 0.161. The summed E-state index contributed by atoms with van der Waals surface area (Å²) in [6, 6.07) is 24.5. The van der Waals surface area contributed by atoms with Gasteiger partial charge in [0.05, 0.1) is 18.5 Å². The molecular weight excluding hydrogens is 559 g/mol. The lowest BCUT2D eigenvalue weighted by Crippen LogP contribution is -2.41. The Morgan fingerprint density at radius 3 is 2.62 bits per heavy atom. The Hall–Kier alpha value is -4.90. The largest absolute Gasteiger partial charge is 0.467 e. The highest BCUT2D eigenvalue weighted by Gasteiger charge is 2.39. The third kappa shape index (κ3) is 7.24. The van der Waals surface area contributed by atoms with E-state index in [4.69, 9.17) is 9.15 Å². The Kier molecular flexibility index (Phi) is 8.98. The number of carbonyl (C=O) groups excluding carboxylic acids is 3. The second-order valence-electron chi connectivity index (χ2n) is 9.42. The monoisotopic (exact) mass is 586 g/mol. The molecule has 2 heterocycles. The van der Waals surface area contributed by atoms with Crippen molar-refractivity contribution in [2.75, 3.05) is 5.32 Å². The van der Waals surface area contributed by atoms with E-state index in [-0.39, 0.29) is 19.1 Å². The Balaban J connectivity index is 1.26. The average molecular weight is 587 g/mol. The second kappa shape index (κ2) is 13.2. The van der Waals surface area contributed by atoms with Crippen LogP contribution in [0.15, 0.2) is 107 Å². The van der Waals surface area contributed by atoms with E-state index in [1.807, 2.05) is 30.3 Å². The molecular formula is C31H27FN4O5S. The number of alkyl carbamates (subject to hydrolysis) is 1. The number of hydrogen-bond acceptors (Lipinski definition) is 7. The molecule has 1 unspecified atom stereocenters. The molecule has 5 rings (SSSR count). The predicted molar refractivity (Wildman–Crippen MR) is 157 cm³/mol. The van der Waals surface area contributed by atoms with Crippen molar-refractivity contribution in [2.45, 2.75) is 31.4 Å². The van der Waals surface area contributed by atoms with Gasteiger partial charge in [0.1, 0.15) is 29.5 Å². The first-order valence-corrected chi connectivity index (χ1v) is 14.0. The minimum absolute atomic E-state index is 0.0809. The summed E-state index contributed by atoms with van der Waals surface area (Å²) < 4.78 is 24.4. The fourth-order valence-electron chi connectivity index (χ4n) is 4.15. The Bertz CT molecular complexity index is 1600. The van der Waals surface area contributed by atoms with E-state index in [1.54, 1.807) is 55.5 Å². The van der Waals surface area contributed by atoms with Crippen LogP contribution in [0.2, 0.25) is 0 Å². The van der Waals surface area contributed by atoms with Crippen LogP contribution in [0.5, 0.6) is 0 Å². The van der Waals surface area contributed by atoms with Gasteiger partial charge in [0.25, 0.3) is 0 Å². The Labute approximate surface area is 245 Å². The number of furan rings is 1. The van der Waals surface area contributed by atoms with Gasteiger partial charge in [-0.15, -0.1) is 0 Å². The number of benzene rings is 3. The Morgan fingerprint density at radius 2 is 1.86 bits per heavy atom. The van der Waals surface area contributed by atoms with Crippen LogP contribution < -0.4 is 10.6 Å². The van der Waals surface area contributed by atoms with E-state index in [1.165, 1.54) is 35.1 Å². The van der Waals surface area contributed by atoms with Gasteiger partial charge in [-0.3, -0.25) is 14.5 Å². The molecule has 9 nitrogen and oxygen atoms in total. The summed E-state index contributed by atoms with van der Waals surface area (Å²) in [6.45, 7) is 1.78. The fourth-order valence-corrected chi connectivity index (χ4v) is 5.31. The molecule has 0 spiro atoms. The van der Waals surface area contributed by atoms with E-state index >= 15 is 0 Å². The second-order valence-corrected chi connectivity index (χ2v) is 10.5. The third-order valence-corrected chi connectivity index (χ3v) is 7.50. The van der Waals surface area contributed by atoms with Gasteiger partial charge in [-0.25, -0.2) is 14.2 Å². The molecule has 2 N–H and O–H groups in total. The molecule has 3 amide bonds. The van der Waals surface area contributed by atoms with Crippen molar-refractivity contribution in [1.29, 1.82) is 0 Å². The number of amidine groups is 1. The molecule has 11 heteroatoms. The zero-order valence-corrected chi connectivity index (χ0v) is 23.3. The minimum atomic E-state index is -0.881. The number of nitrogens with zero attached hydrogens (tertiary/aromatic N) is 2. The predicted octanol–water partition coefficient (Wildman–Crippen LogP) is 6.18. The highest BCUT2D eigenvalue weighted by Crippen LogP contribution is 2.41. The highest BCUT2D eigenvalue weighted by molar-refractivity contribution is 8.15. The van der Waals surface area contributed by atoms with Crippen molar-refractivity contribution in [3.05, 3.63) is 120 Å². The Morgan fingerprint density at radius 1 is 1.05 bits per heavy atom. The molecule has 1 fully saturated rings. The summed E-state index contributed by atoms with van der Waals surface area (Å²) in [7, 11) is 0. The molecule has 214 valence electrons. The third-order valence-electron chi connectivity index (χ3n) is 6.27. The molecule has 2 atom stereocenters. The van der Waals surface area contributed by atoms with Crippen LogP contribution in [0.4, 0.5) is 20.6 Å². The summed E-state index contributed by atoms with van der Waals surface area (Å²) in [5.41, 5.74) is 2.29. The summed E-state index contributed by atoms with van der Waals surface area (Å²) in [4.78, 5) is 44.6. The topological polar surface area (TPSA) is 113 Å². The maximum atomic E-state index is 13.8. The van der Waals surface area contributed by atoms with Gasteiger partial charge in [0.15, 0.2) is 5.17 Å². The lowest BCUT2D eigenvalue weighted by Gasteiger charge is -2.16. The molecule has 3 aromatic carbocycles. The zero-order chi connectivity index (χ0) is 29.5. The van der Waals surface area contributed by atoms with Gasteiger partial charge in [-0.2, -0.15) is 0 Å². The summed E-state index contributed by atoms with van der Waals surface area (Å²) in [5, 5.41) is 5.03. The lowest BCUT2D eigenvalue weighted by atomic mass is 10.1. The number of nitrogens with one attached hydrogen (secondary N) is 2. The van der Waals surface area contributed by atoms with Crippen molar-refractivity contribution in [3.63, 3.8) is 0 Å². The van der Waals surface area contributed by atoms with Crippen LogP contribution in [0.3, 0.4) is 0 Å². The summed E-state index contributed by atoms with van der Waals surface area (Å²) in [5.74, 6) is -0.550. The van der Waals surface area contributed by atoms with Crippen LogP contribution in [0.1, 0.15) is 29.1 Å². The summed E-state index contributed by atoms with van der Waals surface area (Å²) in [6.07, 6.45) is 0.805. The maximum Gasteiger partial charge on any atom is 0.408 e. The van der Waals surface area contributed by atoms with E-state index in [0.717, 1.165) is 5.56 Å². The number of anilines is 1. The SMILES string of the molecule is C[C@H](NC(=O)OCc1ccccc1)C(=O)Nc1cccc(C2S/C(=N\c3cccc(F)c3)N(Cc3ccco3)C2=O)c1. The highest BCUT2D eigenvalue weighted by atomic mass is 32.2. The van der Waals surface area contributed by atoms with Gasteiger partial charge >= 0.3 is 6.09 Å². The van der Waals surface area contributed by atoms with Crippen molar-refractivity contribution in [3.8, 4) is 0 Å². The molecule has 4 aromatic rings. The van der Waals surface area contributed by atoms with Crippen LogP contribution in [0.25, 0.3) is 0 Å². The van der Waals surface area contributed by atoms with Crippen molar-refractivity contribution in [2.24, 2.45) is 4.99 Å². The first-order chi connectivity index (χ1) is 20.4. The number of thioether (sulfide) groups is 1. The van der Waals surface area contributed by atoms with Crippen molar-refractivity contribution < 1.29 is 27.9 Å². The van der Waals surface area contributed by atoms with Crippen molar-refractivity contribution >= 4 is 46.2 Å². The normalized spacial score (nSPS) is 16.3. The number of amides is 3. The minimum Gasteiger partial charge on any atom is -0.467 e. The molecule has 1 saturated heterocycles. The quantitative estimate of drug-likeness (QED) is 0.242. The van der Waals surface area contributed by atoms with Gasteiger partial charge in [-0.1, -0.05) is 60.3 Å². The van der Waals surface area contributed by atoms with Gasteiger partial charge in [0, 0.05) is 5.69 Å². The van der Waals surface area contributed by atoms with E-state index < -0.39 is 29.1 Å². The first-order valence-electron chi connectivity index (χ1n) is 13.1. The lowest BCUT2D eigenvalue weighted by molar-refractivity contribution is -0.126. The maximum absolute atomic E-state index is 13.8. The zero-order valence-electron chi connectivity index (χ0n) is 22.5. The number of aliphatic imine (C=N–C) groups is 1. The first kappa shape index (κ1) is 28.6. The summed E-state index contributed by atoms with van der Waals surface area (Å²) >= 11 is 1.22. The molecule has 1 aromatic heterocycles.